The van der Waals surface area contributed by atoms with Crippen LogP contribution in [0.15, 0.2) is 170 Å². The third-order valence-corrected chi connectivity index (χ3v) is 17.4. The monoisotopic (exact) mass is 1220 g/mol. The third-order valence-electron chi connectivity index (χ3n) is 17.4. The zero-order chi connectivity index (χ0) is 64.5. The summed E-state index contributed by atoms with van der Waals surface area (Å²) in [5.74, 6) is 32.3. The predicted octanol–water partition coefficient (Wildman–Crippen LogP) is 21.5. The van der Waals surface area contributed by atoms with Gasteiger partial charge in [0.2, 0.25) is 0 Å². The Morgan fingerprint density at radius 2 is 0.554 bits per heavy atom. The van der Waals surface area contributed by atoms with E-state index in [-0.39, 0.29) is 0 Å². The smallest absolute Gasteiger partial charge is 0.136 e. The number of rotatable bonds is 31. The molecule has 0 fully saturated rings. The lowest BCUT2D eigenvalue weighted by Gasteiger charge is -2.19. The Bertz CT molecular complexity index is 3520. The van der Waals surface area contributed by atoms with Crippen molar-refractivity contribution in [3.05, 3.63) is 215 Å². The van der Waals surface area contributed by atoms with Crippen molar-refractivity contribution < 1.29 is 18.9 Å². The highest BCUT2D eigenvalue weighted by molar-refractivity contribution is 5.67. The van der Waals surface area contributed by atoms with Gasteiger partial charge in [-0.3, -0.25) is 9.97 Å². The normalized spacial score (nSPS) is 12.0. The maximum atomic E-state index is 6.76. The number of hydrogen-bond acceptors (Lipinski definition) is 6. The summed E-state index contributed by atoms with van der Waals surface area (Å²) in [5, 5.41) is 0. The quantitative estimate of drug-likeness (QED) is 0.0404. The van der Waals surface area contributed by atoms with E-state index in [2.05, 4.69) is 200 Å². The SMILES string of the molecule is CCCCC(CC)COc1cc(C#Cc2ccc(-c3ccc(C#Cc4cc(OCC(CC)CCCC)c(C#Cc5ccc(-c6ccccc6)cc5)cc4OCC(CC)CCCC)cn3)nc2)c(OCC(CC)CCCC)cc1C#Cc1ccc(-c2ccccc2)cc1. The molecule has 6 aromatic carbocycles. The van der Waals surface area contributed by atoms with Crippen LogP contribution in [-0.4, -0.2) is 36.4 Å². The van der Waals surface area contributed by atoms with E-state index >= 15 is 0 Å². The lowest BCUT2D eigenvalue weighted by molar-refractivity contribution is 0.227. The molecule has 0 saturated heterocycles. The maximum Gasteiger partial charge on any atom is 0.136 e. The second-order valence-corrected chi connectivity index (χ2v) is 24.4. The molecule has 0 aliphatic heterocycles. The van der Waals surface area contributed by atoms with Crippen molar-refractivity contribution in [2.75, 3.05) is 26.4 Å². The molecule has 0 saturated carbocycles. The van der Waals surface area contributed by atoms with Gasteiger partial charge in [-0.15, -0.1) is 0 Å². The van der Waals surface area contributed by atoms with Crippen molar-refractivity contribution >= 4 is 0 Å². The molecule has 6 nitrogen and oxygen atoms in total. The fraction of sp³-hybridized carbons (Fsp3) is 0.372. The number of unbranched alkanes of at least 4 members (excludes halogenated alkanes) is 4. The highest BCUT2D eigenvalue weighted by Crippen LogP contribution is 2.34. The van der Waals surface area contributed by atoms with Crippen LogP contribution in [0.2, 0.25) is 0 Å². The molecule has 0 bridgehead atoms. The van der Waals surface area contributed by atoms with E-state index < -0.39 is 0 Å². The maximum absolute atomic E-state index is 6.76. The molecular formula is C86H96N2O4. The summed E-state index contributed by atoms with van der Waals surface area (Å²) in [4.78, 5) is 9.74. The van der Waals surface area contributed by atoms with Gasteiger partial charge in [-0.25, -0.2) is 0 Å². The number of ether oxygens (including phenoxy) is 4. The molecule has 0 amide bonds. The Hall–Kier alpha value is -8.94. The molecule has 474 valence electrons. The number of aromatic nitrogens is 2. The van der Waals surface area contributed by atoms with Crippen molar-refractivity contribution in [3.63, 3.8) is 0 Å². The van der Waals surface area contributed by atoms with Crippen molar-refractivity contribution in [2.24, 2.45) is 23.7 Å². The highest BCUT2D eigenvalue weighted by atomic mass is 16.5. The molecule has 0 aliphatic rings. The third kappa shape index (κ3) is 21.6. The van der Waals surface area contributed by atoms with E-state index in [9.17, 15) is 0 Å². The van der Waals surface area contributed by atoms with E-state index in [1.54, 1.807) is 0 Å². The van der Waals surface area contributed by atoms with E-state index in [1.165, 1.54) is 36.8 Å². The number of pyridine rings is 2. The van der Waals surface area contributed by atoms with Crippen LogP contribution in [0, 0.1) is 71.0 Å². The Morgan fingerprint density at radius 3 is 0.804 bits per heavy atom. The number of nitrogens with zero attached hydrogens (tertiary/aromatic N) is 2. The minimum atomic E-state index is 0.428. The van der Waals surface area contributed by atoms with Crippen LogP contribution in [0.5, 0.6) is 23.0 Å². The van der Waals surface area contributed by atoms with Gasteiger partial charge < -0.3 is 18.9 Å². The molecule has 6 heteroatoms. The van der Waals surface area contributed by atoms with Gasteiger partial charge in [0.05, 0.1) is 60.1 Å². The molecule has 0 radical (unpaired) electrons. The first-order valence-corrected chi connectivity index (χ1v) is 34.4. The molecule has 2 aromatic heterocycles. The number of hydrogen-bond donors (Lipinski definition) is 0. The molecule has 8 rings (SSSR count). The molecule has 4 atom stereocenters. The zero-order valence-corrected chi connectivity index (χ0v) is 56.1. The van der Waals surface area contributed by atoms with E-state index in [0.29, 0.717) is 73.1 Å². The molecule has 8 aromatic rings. The van der Waals surface area contributed by atoms with Gasteiger partial charge in [-0.1, -0.05) is 265 Å². The fourth-order valence-corrected chi connectivity index (χ4v) is 11.0. The average molecular weight is 1220 g/mol. The van der Waals surface area contributed by atoms with Gasteiger partial charge in [0, 0.05) is 58.9 Å². The molecule has 0 aliphatic carbocycles. The second-order valence-electron chi connectivity index (χ2n) is 24.4. The summed E-state index contributed by atoms with van der Waals surface area (Å²) in [6, 6.07) is 53.8. The molecule has 2 heterocycles. The van der Waals surface area contributed by atoms with E-state index in [1.807, 2.05) is 73.1 Å². The van der Waals surface area contributed by atoms with Crippen molar-refractivity contribution in [1.82, 2.24) is 9.97 Å². The van der Waals surface area contributed by atoms with Crippen LogP contribution < -0.4 is 18.9 Å². The van der Waals surface area contributed by atoms with Crippen LogP contribution in [0.25, 0.3) is 33.6 Å². The summed E-state index contributed by atoms with van der Waals surface area (Å²) in [5.41, 5.74) is 12.6. The van der Waals surface area contributed by atoms with Crippen LogP contribution in [0.3, 0.4) is 0 Å². The summed E-state index contributed by atoms with van der Waals surface area (Å²) in [6.45, 7) is 20.4. The van der Waals surface area contributed by atoms with Gasteiger partial charge in [0.1, 0.15) is 23.0 Å². The molecule has 0 N–H and O–H groups in total. The van der Waals surface area contributed by atoms with Gasteiger partial charge in [-0.2, -0.15) is 0 Å². The van der Waals surface area contributed by atoms with Crippen molar-refractivity contribution in [1.29, 1.82) is 0 Å². The minimum Gasteiger partial charge on any atom is -0.492 e. The fourth-order valence-electron chi connectivity index (χ4n) is 11.0. The van der Waals surface area contributed by atoms with E-state index in [4.69, 9.17) is 28.9 Å². The molecule has 0 spiro atoms. The van der Waals surface area contributed by atoms with Crippen LogP contribution in [0.4, 0.5) is 0 Å². The summed E-state index contributed by atoms with van der Waals surface area (Å²) in [6.07, 6.45) is 21.5. The van der Waals surface area contributed by atoms with Crippen LogP contribution >= 0.6 is 0 Å². The van der Waals surface area contributed by atoms with Gasteiger partial charge in [0.25, 0.3) is 0 Å². The summed E-state index contributed by atoms with van der Waals surface area (Å²) < 4.78 is 27.0. The summed E-state index contributed by atoms with van der Waals surface area (Å²) >= 11 is 0. The Labute approximate surface area is 552 Å². The largest absolute Gasteiger partial charge is 0.492 e. The first-order valence-electron chi connectivity index (χ1n) is 34.4. The summed E-state index contributed by atoms with van der Waals surface area (Å²) in [7, 11) is 0. The minimum absolute atomic E-state index is 0.428. The van der Waals surface area contributed by atoms with Gasteiger partial charge in [-0.05, 0) is 120 Å². The first kappa shape index (κ1) is 69.0. The Balaban J connectivity index is 1.07. The van der Waals surface area contributed by atoms with Crippen LogP contribution in [0.1, 0.15) is 203 Å². The number of benzene rings is 6. The average Bonchev–Trinajstić information content (AvgIpc) is 1.13. The second kappa shape index (κ2) is 38.0. The van der Waals surface area contributed by atoms with Crippen LogP contribution in [-0.2, 0) is 0 Å². The first-order chi connectivity index (χ1) is 45.2. The molecular weight excluding hydrogens is 1120 g/mol. The molecule has 4 unspecified atom stereocenters. The van der Waals surface area contributed by atoms with E-state index in [0.717, 1.165) is 144 Å². The lowest BCUT2D eigenvalue weighted by atomic mass is 10.00. The van der Waals surface area contributed by atoms with Crippen molar-refractivity contribution in [3.8, 4) is 104 Å². The Morgan fingerprint density at radius 1 is 0.293 bits per heavy atom. The van der Waals surface area contributed by atoms with Gasteiger partial charge >= 0.3 is 0 Å². The van der Waals surface area contributed by atoms with Gasteiger partial charge in [0.15, 0.2) is 0 Å². The Kier molecular flexibility index (Phi) is 28.5. The highest BCUT2D eigenvalue weighted by Gasteiger charge is 2.18. The lowest BCUT2D eigenvalue weighted by Crippen LogP contribution is -2.13. The van der Waals surface area contributed by atoms with Crippen molar-refractivity contribution in [2.45, 2.75) is 158 Å². The topological polar surface area (TPSA) is 62.7 Å². The standard InChI is InChI=1S/C86H96N2O4/c1-9-17-27-65(13-5)61-89-83-57-79(85(91-63-67(15-7)29-19-11-3)55-77(83)49-39-69-35-45-75(46-36-69)73-31-23-21-24-32-73)51-41-71-43-53-81(87-59-71)82-54-44-72(60-88-82)42-52-80-58-84(90-62-66(14-6)28-18-10-2)78(56-86(80)92-64-68(16-8)30-20-12-4)50-40-70-37-47-76(48-38-70)74-33-25-22-26-34-74/h21-26,31-38,43-48,53-60,65-68H,9-20,27-30,61-64H2,1-8H3. The predicted molar refractivity (Wildman–Crippen MR) is 383 cm³/mol. The molecule has 92 heavy (non-hydrogen) atoms. The zero-order valence-electron chi connectivity index (χ0n) is 56.1.